The van der Waals surface area contributed by atoms with Crippen LogP contribution < -0.4 is 15.4 Å². The topological polar surface area (TPSA) is 59.1 Å². The summed E-state index contributed by atoms with van der Waals surface area (Å²) in [5.41, 5.74) is 0.136. The van der Waals surface area contributed by atoms with Crippen molar-refractivity contribution in [3.63, 3.8) is 0 Å². The van der Waals surface area contributed by atoms with E-state index in [9.17, 15) is 13.2 Å². The van der Waals surface area contributed by atoms with Crippen molar-refractivity contribution < 1.29 is 17.9 Å². The van der Waals surface area contributed by atoms with Crippen LogP contribution in [0.1, 0.15) is 38.2 Å². The monoisotopic (exact) mass is 508 g/mol. The number of halogens is 4. The second-order valence-corrected chi connectivity index (χ2v) is 8.06. The van der Waals surface area contributed by atoms with Crippen molar-refractivity contribution in [1.82, 2.24) is 9.97 Å². The average Bonchev–Trinajstić information content (AvgIpc) is 2.75. The first kappa shape index (κ1) is 23.8. The molecule has 0 aliphatic carbocycles. The van der Waals surface area contributed by atoms with Gasteiger partial charge in [-0.1, -0.05) is 48.2 Å². The van der Waals surface area contributed by atoms with Gasteiger partial charge in [0.1, 0.15) is 17.1 Å². The van der Waals surface area contributed by atoms with Crippen LogP contribution in [0.5, 0.6) is 5.75 Å². The molecule has 9 heteroatoms. The second-order valence-electron chi connectivity index (χ2n) is 7.15. The summed E-state index contributed by atoms with van der Waals surface area (Å²) in [6, 6.07) is 13.9. The molecular weight excluding hydrogens is 485 g/mol. The van der Waals surface area contributed by atoms with Crippen LogP contribution in [0, 0.1) is 0 Å². The van der Waals surface area contributed by atoms with Gasteiger partial charge < -0.3 is 15.4 Å². The summed E-state index contributed by atoms with van der Waals surface area (Å²) < 4.78 is 47.2. The van der Waals surface area contributed by atoms with E-state index in [-0.39, 0.29) is 11.8 Å². The van der Waals surface area contributed by atoms with Crippen LogP contribution >= 0.6 is 15.9 Å². The van der Waals surface area contributed by atoms with Gasteiger partial charge in [-0.3, -0.25) is 0 Å². The smallest absolute Gasteiger partial charge is 0.421 e. The first-order chi connectivity index (χ1) is 15.3. The summed E-state index contributed by atoms with van der Waals surface area (Å²) in [5, 5.41) is 5.68. The first-order valence-corrected chi connectivity index (χ1v) is 11.1. The molecule has 1 aromatic heterocycles. The summed E-state index contributed by atoms with van der Waals surface area (Å²) in [7, 11) is 0. The highest BCUT2D eigenvalue weighted by atomic mass is 79.9. The second kappa shape index (κ2) is 11.2. The number of benzene rings is 2. The summed E-state index contributed by atoms with van der Waals surface area (Å²) >= 11 is 3.34. The molecule has 2 aromatic carbocycles. The third-order valence-electron chi connectivity index (χ3n) is 4.56. The molecule has 0 aliphatic heterocycles. The van der Waals surface area contributed by atoms with Gasteiger partial charge in [-0.2, -0.15) is 18.2 Å². The zero-order valence-electron chi connectivity index (χ0n) is 17.5. The Bertz CT molecular complexity index is 1010. The van der Waals surface area contributed by atoms with Gasteiger partial charge in [-0.05, 0) is 42.8 Å². The lowest BCUT2D eigenvalue weighted by Crippen LogP contribution is -2.12. The Balaban J connectivity index is 1.77. The third-order valence-corrected chi connectivity index (χ3v) is 5.09. The van der Waals surface area contributed by atoms with Crippen molar-refractivity contribution in [2.24, 2.45) is 0 Å². The zero-order valence-corrected chi connectivity index (χ0v) is 19.1. The SMILES string of the molecule is CCCCCCOc1cccc(Nc2nc(Nc3ccc(Br)cc3)ncc2C(F)(F)F)c1. The summed E-state index contributed by atoms with van der Waals surface area (Å²) in [5.74, 6) is 0.292. The number of hydrogen-bond acceptors (Lipinski definition) is 5. The number of unbranched alkanes of at least 4 members (excludes halogenated alkanes) is 3. The summed E-state index contributed by atoms with van der Waals surface area (Å²) in [6.45, 7) is 2.70. The predicted molar refractivity (Wildman–Crippen MR) is 124 cm³/mol. The van der Waals surface area contributed by atoms with Crippen LogP contribution in [-0.4, -0.2) is 16.6 Å². The molecule has 0 amide bonds. The number of alkyl halides is 3. The Morgan fingerprint density at radius 2 is 1.75 bits per heavy atom. The van der Waals surface area contributed by atoms with Gasteiger partial charge in [0.25, 0.3) is 0 Å². The highest BCUT2D eigenvalue weighted by Crippen LogP contribution is 2.35. The van der Waals surface area contributed by atoms with Crippen LogP contribution in [-0.2, 0) is 6.18 Å². The minimum absolute atomic E-state index is 0.0474. The maximum Gasteiger partial charge on any atom is 0.421 e. The molecule has 170 valence electrons. The first-order valence-electron chi connectivity index (χ1n) is 10.3. The van der Waals surface area contributed by atoms with E-state index < -0.39 is 11.7 Å². The zero-order chi connectivity index (χ0) is 23.0. The van der Waals surface area contributed by atoms with Crippen molar-refractivity contribution in [3.8, 4) is 5.75 Å². The normalized spacial score (nSPS) is 11.3. The molecule has 0 aliphatic rings. The van der Waals surface area contributed by atoms with E-state index in [0.29, 0.717) is 23.7 Å². The van der Waals surface area contributed by atoms with Gasteiger partial charge in [0.05, 0.1) is 6.61 Å². The summed E-state index contributed by atoms with van der Waals surface area (Å²) in [6.07, 6.45) is 0.462. The van der Waals surface area contributed by atoms with Crippen molar-refractivity contribution in [3.05, 3.63) is 64.8 Å². The average molecular weight is 509 g/mol. The largest absolute Gasteiger partial charge is 0.494 e. The number of hydrogen-bond donors (Lipinski definition) is 2. The molecule has 0 bridgehead atoms. The number of aromatic nitrogens is 2. The standard InChI is InChI=1S/C23H24BrF3N4O/c1-2-3-4-5-13-32-19-8-6-7-18(14-19)29-21-20(23(25,26)27)15-28-22(31-21)30-17-11-9-16(24)10-12-17/h6-12,14-15H,2-5,13H2,1H3,(H2,28,29,30,31). The lowest BCUT2D eigenvalue weighted by atomic mass is 10.2. The number of nitrogens with one attached hydrogen (secondary N) is 2. The number of nitrogens with zero attached hydrogens (tertiary/aromatic N) is 2. The molecule has 2 N–H and O–H groups in total. The lowest BCUT2D eigenvalue weighted by molar-refractivity contribution is -0.137. The molecule has 1 heterocycles. The number of anilines is 4. The van der Waals surface area contributed by atoms with Crippen molar-refractivity contribution in [1.29, 1.82) is 0 Å². The molecule has 5 nitrogen and oxygen atoms in total. The highest BCUT2D eigenvalue weighted by molar-refractivity contribution is 9.10. The Morgan fingerprint density at radius 3 is 2.47 bits per heavy atom. The molecule has 0 radical (unpaired) electrons. The van der Waals surface area contributed by atoms with E-state index >= 15 is 0 Å². The Hall–Kier alpha value is -2.81. The van der Waals surface area contributed by atoms with Crippen LogP contribution in [0.2, 0.25) is 0 Å². The van der Waals surface area contributed by atoms with Gasteiger partial charge >= 0.3 is 6.18 Å². The van der Waals surface area contributed by atoms with E-state index in [1.807, 2.05) is 0 Å². The summed E-state index contributed by atoms with van der Waals surface area (Å²) in [4.78, 5) is 7.90. The van der Waals surface area contributed by atoms with E-state index in [0.717, 1.165) is 36.4 Å². The minimum atomic E-state index is -4.61. The quantitative estimate of drug-likeness (QED) is 0.274. The molecule has 3 aromatic rings. The van der Waals surface area contributed by atoms with Gasteiger partial charge in [0.2, 0.25) is 5.95 Å². The molecular formula is C23H24BrF3N4O. The van der Waals surface area contributed by atoms with E-state index in [1.165, 1.54) is 0 Å². The highest BCUT2D eigenvalue weighted by Gasteiger charge is 2.35. The van der Waals surface area contributed by atoms with Gasteiger partial charge in [0.15, 0.2) is 0 Å². The predicted octanol–water partition coefficient (Wildman–Crippen LogP) is 7.70. The molecule has 0 saturated carbocycles. The fourth-order valence-electron chi connectivity index (χ4n) is 2.93. The van der Waals surface area contributed by atoms with Gasteiger partial charge in [0, 0.05) is 28.1 Å². The van der Waals surface area contributed by atoms with Crippen LogP contribution in [0.25, 0.3) is 0 Å². The maximum atomic E-state index is 13.5. The minimum Gasteiger partial charge on any atom is -0.494 e. The van der Waals surface area contributed by atoms with E-state index in [2.05, 4.69) is 43.5 Å². The lowest BCUT2D eigenvalue weighted by Gasteiger charge is -2.15. The Labute approximate surface area is 193 Å². The van der Waals surface area contributed by atoms with Gasteiger partial charge in [-0.15, -0.1) is 0 Å². The van der Waals surface area contributed by atoms with Crippen molar-refractivity contribution in [2.75, 3.05) is 17.2 Å². The fraction of sp³-hybridized carbons (Fsp3) is 0.304. The molecule has 0 fully saturated rings. The Kier molecular flexibility index (Phi) is 8.33. The maximum absolute atomic E-state index is 13.5. The van der Waals surface area contributed by atoms with Crippen LogP contribution in [0.3, 0.4) is 0 Å². The fourth-order valence-corrected chi connectivity index (χ4v) is 3.19. The molecule has 0 unspecified atom stereocenters. The number of ether oxygens (including phenoxy) is 1. The van der Waals surface area contributed by atoms with Crippen LogP contribution in [0.15, 0.2) is 59.2 Å². The molecule has 0 atom stereocenters. The van der Waals surface area contributed by atoms with Gasteiger partial charge in [-0.25, -0.2) is 4.98 Å². The van der Waals surface area contributed by atoms with E-state index in [4.69, 9.17) is 4.74 Å². The molecule has 32 heavy (non-hydrogen) atoms. The van der Waals surface area contributed by atoms with E-state index in [1.54, 1.807) is 48.5 Å². The Morgan fingerprint density at radius 1 is 0.969 bits per heavy atom. The molecule has 0 spiro atoms. The van der Waals surface area contributed by atoms with Crippen LogP contribution in [0.4, 0.5) is 36.3 Å². The van der Waals surface area contributed by atoms with Crippen molar-refractivity contribution in [2.45, 2.75) is 38.8 Å². The molecule has 0 saturated heterocycles. The van der Waals surface area contributed by atoms with Crippen molar-refractivity contribution >= 4 is 39.1 Å². The number of rotatable bonds is 10. The third kappa shape index (κ3) is 7.12. The molecule has 3 rings (SSSR count).